The van der Waals surface area contributed by atoms with Crippen LogP contribution in [0.1, 0.15) is 25.1 Å². The zero-order valence-electron chi connectivity index (χ0n) is 10.4. The van der Waals surface area contributed by atoms with Gasteiger partial charge in [0.25, 0.3) is 0 Å². The molecule has 0 aliphatic rings. The number of benzene rings is 1. The fourth-order valence-electron chi connectivity index (χ4n) is 1.73. The van der Waals surface area contributed by atoms with Crippen molar-refractivity contribution in [2.24, 2.45) is 0 Å². The summed E-state index contributed by atoms with van der Waals surface area (Å²) in [6.45, 7) is 6.05. The topological polar surface area (TPSA) is 29.9 Å². The van der Waals surface area contributed by atoms with Crippen molar-refractivity contribution >= 4 is 0 Å². The Morgan fingerprint density at radius 3 is 2.71 bits per heavy atom. The molecule has 0 radical (unpaired) electrons. The predicted octanol–water partition coefficient (Wildman–Crippen LogP) is 2.43. The largest absolute Gasteiger partial charge is 0.329 e. The molecule has 0 aliphatic carbocycles. The number of imidazole rings is 1. The SMILES string of the molecule is CC(C)NCc1cncn1Cc1ccccc1. The van der Waals surface area contributed by atoms with Crippen LogP contribution in [-0.4, -0.2) is 15.6 Å². The fourth-order valence-corrected chi connectivity index (χ4v) is 1.73. The Morgan fingerprint density at radius 2 is 2.00 bits per heavy atom. The molecule has 90 valence electrons. The van der Waals surface area contributed by atoms with Crippen LogP contribution in [-0.2, 0) is 13.1 Å². The van der Waals surface area contributed by atoms with Crippen LogP contribution in [0.3, 0.4) is 0 Å². The second-order valence-electron chi connectivity index (χ2n) is 4.53. The molecule has 0 atom stereocenters. The minimum atomic E-state index is 0.495. The Hall–Kier alpha value is -1.61. The van der Waals surface area contributed by atoms with Gasteiger partial charge < -0.3 is 9.88 Å². The molecule has 17 heavy (non-hydrogen) atoms. The zero-order valence-corrected chi connectivity index (χ0v) is 10.4. The van der Waals surface area contributed by atoms with Crippen molar-refractivity contribution in [1.82, 2.24) is 14.9 Å². The Bertz CT molecular complexity index is 446. The van der Waals surface area contributed by atoms with Crippen LogP contribution in [0.2, 0.25) is 0 Å². The molecule has 1 N–H and O–H groups in total. The van der Waals surface area contributed by atoms with E-state index in [1.54, 1.807) is 0 Å². The van der Waals surface area contributed by atoms with Gasteiger partial charge in [-0.15, -0.1) is 0 Å². The summed E-state index contributed by atoms with van der Waals surface area (Å²) >= 11 is 0. The molecule has 0 unspecified atom stereocenters. The van der Waals surface area contributed by atoms with E-state index < -0.39 is 0 Å². The van der Waals surface area contributed by atoms with E-state index in [0.29, 0.717) is 6.04 Å². The molecule has 0 fully saturated rings. The van der Waals surface area contributed by atoms with Crippen LogP contribution in [0.15, 0.2) is 42.9 Å². The van der Waals surface area contributed by atoms with Crippen LogP contribution >= 0.6 is 0 Å². The number of aromatic nitrogens is 2. The third-order valence-corrected chi connectivity index (χ3v) is 2.69. The summed E-state index contributed by atoms with van der Waals surface area (Å²) in [6.07, 6.45) is 3.82. The summed E-state index contributed by atoms with van der Waals surface area (Å²) in [5.74, 6) is 0. The first-order chi connectivity index (χ1) is 8.25. The maximum absolute atomic E-state index is 4.22. The maximum atomic E-state index is 4.22. The van der Waals surface area contributed by atoms with E-state index in [4.69, 9.17) is 0 Å². The van der Waals surface area contributed by atoms with Crippen molar-refractivity contribution in [3.8, 4) is 0 Å². The van der Waals surface area contributed by atoms with E-state index >= 15 is 0 Å². The zero-order chi connectivity index (χ0) is 12.1. The van der Waals surface area contributed by atoms with Gasteiger partial charge in [0.1, 0.15) is 0 Å². The summed E-state index contributed by atoms with van der Waals surface area (Å²) in [5, 5.41) is 3.41. The van der Waals surface area contributed by atoms with Gasteiger partial charge in [-0.25, -0.2) is 4.98 Å². The lowest BCUT2D eigenvalue weighted by atomic mass is 10.2. The number of rotatable bonds is 5. The highest BCUT2D eigenvalue weighted by molar-refractivity contribution is 5.16. The summed E-state index contributed by atoms with van der Waals surface area (Å²) in [4.78, 5) is 4.22. The average molecular weight is 229 g/mol. The molecule has 0 aliphatic heterocycles. The van der Waals surface area contributed by atoms with Gasteiger partial charge in [0.2, 0.25) is 0 Å². The van der Waals surface area contributed by atoms with Gasteiger partial charge in [-0.3, -0.25) is 0 Å². The molecule has 1 aromatic carbocycles. The third-order valence-electron chi connectivity index (χ3n) is 2.69. The quantitative estimate of drug-likeness (QED) is 0.853. The van der Waals surface area contributed by atoms with E-state index in [0.717, 1.165) is 13.1 Å². The van der Waals surface area contributed by atoms with Crippen LogP contribution in [0.25, 0.3) is 0 Å². The third kappa shape index (κ3) is 3.43. The Labute approximate surface area is 103 Å². The lowest BCUT2D eigenvalue weighted by Gasteiger charge is -2.11. The Morgan fingerprint density at radius 1 is 1.24 bits per heavy atom. The molecule has 2 rings (SSSR count). The van der Waals surface area contributed by atoms with Crippen molar-refractivity contribution in [3.63, 3.8) is 0 Å². The minimum Gasteiger partial charge on any atom is -0.329 e. The highest BCUT2D eigenvalue weighted by Crippen LogP contribution is 2.06. The number of hydrogen-bond donors (Lipinski definition) is 1. The molecule has 1 heterocycles. The number of hydrogen-bond acceptors (Lipinski definition) is 2. The molecule has 2 aromatic rings. The maximum Gasteiger partial charge on any atom is 0.0951 e. The fraction of sp³-hybridized carbons (Fsp3) is 0.357. The standard InChI is InChI=1S/C14H19N3/c1-12(2)16-9-14-8-15-11-17(14)10-13-6-4-3-5-7-13/h3-8,11-12,16H,9-10H2,1-2H3. The summed E-state index contributed by atoms with van der Waals surface area (Å²) in [6, 6.07) is 10.9. The lowest BCUT2D eigenvalue weighted by Crippen LogP contribution is -2.23. The van der Waals surface area contributed by atoms with Crippen molar-refractivity contribution in [2.75, 3.05) is 0 Å². The Kier molecular flexibility index (Phi) is 3.94. The molecule has 0 saturated carbocycles. The molecule has 0 bridgehead atoms. The van der Waals surface area contributed by atoms with E-state index in [2.05, 4.69) is 53.0 Å². The summed E-state index contributed by atoms with van der Waals surface area (Å²) in [7, 11) is 0. The molecule has 0 spiro atoms. The van der Waals surface area contributed by atoms with E-state index in [-0.39, 0.29) is 0 Å². The first-order valence-electron chi connectivity index (χ1n) is 6.02. The van der Waals surface area contributed by atoms with Gasteiger partial charge in [-0.05, 0) is 5.56 Å². The molecule has 0 saturated heterocycles. The molecular formula is C14H19N3. The summed E-state index contributed by atoms with van der Waals surface area (Å²) < 4.78 is 2.19. The molecular weight excluding hydrogens is 210 g/mol. The lowest BCUT2D eigenvalue weighted by molar-refractivity contribution is 0.564. The van der Waals surface area contributed by atoms with Gasteiger partial charge in [0.05, 0.1) is 12.0 Å². The number of nitrogens with zero attached hydrogens (tertiary/aromatic N) is 2. The second-order valence-corrected chi connectivity index (χ2v) is 4.53. The highest BCUT2D eigenvalue weighted by atomic mass is 15.1. The molecule has 1 aromatic heterocycles. The van der Waals surface area contributed by atoms with Gasteiger partial charge in [-0.1, -0.05) is 44.2 Å². The predicted molar refractivity (Wildman–Crippen MR) is 69.7 cm³/mol. The van der Waals surface area contributed by atoms with Crippen molar-refractivity contribution in [3.05, 3.63) is 54.1 Å². The van der Waals surface area contributed by atoms with Crippen LogP contribution in [0, 0.1) is 0 Å². The van der Waals surface area contributed by atoms with Gasteiger partial charge in [-0.2, -0.15) is 0 Å². The first kappa shape index (κ1) is 11.9. The van der Waals surface area contributed by atoms with E-state index in [9.17, 15) is 0 Å². The van der Waals surface area contributed by atoms with Crippen LogP contribution in [0.4, 0.5) is 0 Å². The number of nitrogens with one attached hydrogen (secondary N) is 1. The average Bonchev–Trinajstić information content (AvgIpc) is 2.75. The monoisotopic (exact) mass is 229 g/mol. The van der Waals surface area contributed by atoms with Gasteiger partial charge in [0, 0.05) is 25.3 Å². The van der Waals surface area contributed by atoms with Crippen molar-refractivity contribution in [2.45, 2.75) is 33.0 Å². The Balaban J connectivity index is 2.04. The van der Waals surface area contributed by atoms with E-state index in [1.807, 2.05) is 18.6 Å². The van der Waals surface area contributed by atoms with Crippen molar-refractivity contribution in [1.29, 1.82) is 0 Å². The first-order valence-corrected chi connectivity index (χ1v) is 6.02. The minimum absolute atomic E-state index is 0.495. The molecule has 0 amide bonds. The summed E-state index contributed by atoms with van der Waals surface area (Å²) in [5.41, 5.74) is 2.53. The van der Waals surface area contributed by atoms with Crippen molar-refractivity contribution < 1.29 is 0 Å². The smallest absolute Gasteiger partial charge is 0.0951 e. The van der Waals surface area contributed by atoms with Gasteiger partial charge >= 0.3 is 0 Å². The van der Waals surface area contributed by atoms with E-state index in [1.165, 1.54) is 11.3 Å². The normalized spacial score (nSPS) is 11.0. The second kappa shape index (κ2) is 5.64. The van der Waals surface area contributed by atoms with Gasteiger partial charge in [0.15, 0.2) is 0 Å². The molecule has 3 nitrogen and oxygen atoms in total. The van der Waals surface area contributed by atoms with Crippen LogP contribution in [0.5, 0.6) is 0 Å². The molecule has 3 heteroatoms. The van der Waals surface area contributed by atoms with Crippen LogP contribution < -0.4 is 5.32 Å². The highest BCUT2D eigenvalue weighted by Gasteiger charge is 2.03.